The number of hydrogen-bond acceptors (Lipinski definition) is 5. The first-order valence-corrected chi connectivity index (χ1v) is 52.6. The number of fused-ring (bicyclic) bond motifs is 24. The van der Waals surface area contributed by atoms with Gasteiger partial charge in [0.05, 0.1) is 6.85 Å². The summed E-state index contributed by atoms with van der Waals surface area (Å²) in [4.78, 5) is 4.44. The van der Waals surface area contributed by atoms with E-state index in [0.29, 0.717) is 5.56 Å². The number of pyridine rings is 1. The minimum Gasteiger partial charge on any atom is -0.456 e. The highest BCUT2D eigenvalue weighted by molar-refractivity contribution is 7.26. The third kappa shape index (κ3) is 14.3. The molecule has 32 rings (SSSR count). The smallest absolute Gasteiger partial charge is 0.143 e. The molecule has 0 spiro atoms. The zero-order valence-electron chi connectivity index (χ0n) is 85.9. The van der Waals surface area contributed by atoms with Gasteiger partial charge in [-0.15, -0.1) is 22.7 Å². The second-order valence-corrected chi connectivity index (χ2v) is 41.3. The van der Waals surface area contributed by atoms with Crippen molar-refractivity contribution in [2.45, 2.75) is 0 Å². The number of rotatable bonds is 10. The second kappa shape index (κ2) is 35.5. The number of benzene rings is 27. The molecule has 0 aliphatic carbocycles. The normalized spacial score (nSPS) is 12.3. The van der Waals surface area contributed by atoms with Crippen LogP contribution in [-0.2, 0) is 0 Å². The van der Waals surface area contributed by atoms with Gasteiger partial charge in [0.2, 0.25) is 0 Å². The molecule has 0 amide bonds. The Hall–Kier alpha value is -19.0. The Morgan fingerprint density at radius 1 is 0.180 bits per heavy atom. The van der Waals surface area contributed by atoms with E-state index in [-0.39, 0.29) is 29.7 Å². The predicted molar refractivity (Wildman–Crippen MR) is 644 cm³/mol. The lowest BCUT2D eigenvalue weighted by atomic mass is 9.83. The summed E-state index contributed by atoms with van der Waals surface area (Å²) in [5.74, 6) is 0. The first kappa shape index (κ1) is 81.3. The van der Waals surface area contributed by atoms with Crippen molar-refractivity contribution in [3.8, 4) is 111 Å². The molecule has 0 radical (unpaired) electrons. The Balaban J connectivity index is 0.000000106. The van der Waals surface area contributed by atoms with E-state index in [0.717, 1.165) is 104 Å². The Morgan fingerprint density at radius 3 is 1.32 bits per heavy atom. The molecule has 0 N–H and O–H groups in total. The summed E-state index contributed by atoms with van der Waals surface area (Å²) >= 11 is 3.66. The number of furan rings is 2. The standard InChI is InChI=1S/C52H30OS.C48H30S.C45H27NO/c1-3-13-36-31(10-1)12-9-18-37(36)33-20-25-43-44(28-33)51(34-23-26-46-45(29-34)52-38-14-4-2-11-32(38)22-27-47(52)53-46)42-17-6-5-16-41(42)50(43)35-21-24-40-39-15-7-8-19-48(39)54-49(40)30-35;1-2-11-31(12-3-1)37-27-28-41-44(30-37)47(43-19-10-18-42-38-15-8-9-20-45(38)49-48(42)43)40-17-7-6-16-39(40)46(41)34-24-21-33(22-25-34)36-26-23-32-13-4-5-14-35(32)29-36;1-2-10-28(11-3-1)30-20-21-38-39(25-30)43(37-16-7-6-15-36(37)42(38)32-19-18-29-22-23-46-27-33(29)24-32)44-34-13-5-4-12-31(34)26-40-35-14-8-9-17-41(35)47-45(40)44/h1-30H;1-30H;1-27H/i;1D,2D,3D,11D,12D;. The molecule has 0 atom stereocenters. The third-order valence-corrected chi connectivity index (χ3v) is 33.2. The van der Waals surface area contributed by atoms with Gasteiger partial charge >= 0.3 is 0 Å². The Morgan fingerprint density at radius 2 is 0.593 bits per heavy atom. The molecule has 0 unspecified atom stereocenters. The molecule has 0 aliphatic heterocycles. The van der Waals surface area contributed by atoms with Crippen LogP contribution in [0.2, 0.25) is 0 Å². The monoisotopic (exact) mass is 1940 g/mol. The van der Waals surface area contributed by atoms with Crippen molar-refractivity contribution in [2.24, 2.45) is 0 Å². The molecule has 3 nitrogen and oxygen atoms in total. The lowest BCUT2D eigenvalue weighted by Gasteiger charge is -2.20. The summed E-state index contributed by atoms with van der Waals surface area (Å²) in [6, 6.07) is 173. The summed E-state index contributed by atoms with van der Waals surface area (Å²) < 4.78 is 61.1. The van der Waals surface area contributed by atoms with Gasteiger partial charge in [-0.25, -0.2) is 0 Å². The number of aromatic nitrogens is 1. The highest BCUT2D eigenvalue weighted by Gasteiger charge is 2.28. The van der Waals surface area contributed by atoms with Crippen molar-refractivity contribution in [3.63, 3.8) is 0 Å². The van der Waals surface area contributed by atoms with Crippen LogP contribution in [0.5, 0.6) is 0 Å². The van der Waals surface area contributed by atoms with Gasteiger partial charge in [0.25, 0.3) is 0 Å². The molecule has 0 saturated carbocycles. The van der Waals surface area contributed by atoms with E-state index in [4.69, 9.17) is 15.7 Å². The van der Waals surface area contributed by atoms with E-state index in [1.165, 1.54) is 198 Å². The molecule has 5 heterocycles. The van der Waals surface area contributed by atoms with Crippen LogP contribution < -0.4 is 0 Å². The molecule has 0 bridgehead atoms. The summed E-state index contributed by atoms with van der Waals surface area (Å²) in [6.45, 7) is 0. The Bertz CT molecular complexity index is 11500. The maximum Gasteiger partial charge on any atom is 0.143 e. The van der Waals surface area contributed by atoms with Crippen LogP contribution in [0.25, 0.3) is 314 Å². The predicted octanol–water partition coefficient (Wildman–Crippen LogP) is 42.3. The number of thiophene rings is 2. The number of hydrogen-bond donors (Lipinski definition) is 0. The third-order valence-electron chi connectivity index (χ3n) is 30.9. The quantitative estimate of drug-likeness (QED) is 0.128. The van der Waals surface area contributed by atoms with Gasteiger partial charge in [-0.1, -0.05) is 431 Å². The van der Waals surface area contributed by atoms with Crippen molar-refractivity contribution in [1.29, 1.82) is 0 Å². The van der Waals surface area contributed by atoms with Gasteiger partial charge in [0.15, 0.2) is 0 Å². The van der Waals surface area contributed by atoms with Gasteiger partial charge in [-0.3, -0.25) is 4.98 Å². The maximum absolute atomic E-state index is 8.84. The zero-order chi connectivity index (χ0) is 103. The molecule has 27 aromatic carbocycles. The molecule has 5 heteroatoms. The van der Waals surface area contributed by atoms with Crippen molar-refractivity contribution in [1.82, 2.24) is 4.98 Å². The minimum absolute atomic E-state index is 0.198. The summed E-state index contributed by atoms with van der Waals surface area (Å²) in [5, 5.41) is 35.6. The van der Waals surface area contributed by atoms with Crippen LogP contribution in [0.1, 0.15) is 6.85 Å². The van der Waals surface area contributed by atoms with E-state index in [1.807, 2.05) is 35.9 Å². The molecule has 0 saturated heterocycles. The van der Waals surface area contributed by atoms with Crippen LogP contribution in [0.3, 0.4) is 0 Å². The van der Waals surface area contributed by atoms with Crippen LogP contribution in [0, 0.1) is 0 Å². The van der Waals surface area contributed by atoms with Crippen LogP contribution in [0.4, 0.5) is 0 Å². The molecule has 5 aromatic heterocycles. The fourth-order valence-corrected chi connectivity index (χ4v) is 26.4. The maximum atomic E-state index is 8.84. The van der Waals surface area contributed by atoms with E-state index < -0.39 is 6.04 Å². The lowest BCUT2D eigenvalue weighted by Crippen LogP contribution is -1.93. The van der Waals surface area contributed by atoms with Crippen molar-refractivity contribution >= 4 is 225 Å². The zero-order valence-corrected chi connectivity index (χ0v) is 82.6. The van der Waals surface area contributed by atoms with E-state index in [2.05, 4.69) is 478 Å². The van der Waals surface area contributed by atoms with Gasteiger partial charge in [0, 0.05) is 96.4 Å². The Labute approximate surface area is 878 Å². The molecule has 0 aliphatic rings. The molecule has 0 fully saturated rings. The minimum atomic E-state index is -0.396. The van der Waals surface area contributed by atoms with Crippen molar-refractivity contribution in [3.05, 3.63) is 528 Å². The first-order valence-electron chi connectivity index (χ1n) is 53.5. The molecule has 696 valence electrons. The highest BCUT2D eigenvalue weighted by atomic mass is 32.1. The average molecular weight is 1940 g/mol. The molecular formula is C145H87NO2S2. The number of para-hydroxylation sites is 1. The summed E-state index contributed by atoms with van der Waals surface area (Å²) in [6.07, 6.45) is 3.81. The largest absolute Gasteiger partial charge is 0.456 e. The lowest BCUT2D eigenvalue weighted by molar-refractivity contribution is 0.669. The van der Waals surface area contributed by atoms with E-state index in [9.17, 15) is 0 Å². The summed E-state index contributed by atoms with van der Waals surface area (Å²) in [5.41, 5.74) is 25.5. The van der Waals surface area contributed by atoms with Crippen LogP contribution in [0.15, 0.2) is 537 Å². The average Bonchev–Trinajstić information content (AvgIpc) is 1.70. The van der Waals surface area contributed by atoms with Gasteiger partial charge < -0.3 is 8.83 Å². The SMILES string of the molecule is [2H]c1c([2H])c([2H])c(-c2ccc3c(-c4ccc(-c5ccc6ccccc6c5)cc4)c4ccccc4c(-c4cccc5c4sc4ccccc45)c3c2)c([2H])c1[2H].c1ccc(-c2ccc3c(-c4ccc5ccncc5c4)c4ccccc4c(-c4c5ccccc5cc5c4oc4ccccc45)c3c2)cc1.c1ccc2c(-c3ccc4c(-c5ccc6c(c5)sc5ccccc56)c5ccccc5c(-c5ccc6oc7ccc8ccccc8c7c6c5)c4c3)cccc2c1. The molecule has 32 aromatic rings. The van der Waals surface area contributed by atoms with Crippen LogP contribution in [-0.4, -0.2) is 4.98 Å². The number of nitrogens with zero attached hydrogens (tertiary/aromatic N) is 1. The fourth-order valence-electron chi connectivity index (χ4n) is 24.1. The first-order chi connectivity index (χ1) is 76.4. The van der Waals surface area contributed by atoms with Crippen molar-refractivity contribution < 1.29 is 15.7 Å². The van der Waals surface area contributed by atoms with Gasteiger partial charge in [-0.05, 0) is 293 Å². The van der Waals surface area contributed by atoms with Crippen LogP contribution >= 0.6 is 22.7 Å². The van der Waals surface area contributed by atoms with Gasteiger partial charge in [0.1, 0.15) is 22.3 Å². The van der Waals surface area contributed by atoms with E-state index >= 15 is 0 Å². The molecular weight excluding hydrogens is 1850 g/mol. The Kier molecular flexibility index (Phi) is 19.2. The second-order valence-electron chi connectivity index (χ2n) is 39.1. The fraction of sp³-hybridized carbons (Fsp3) is 0. The topological polar surface area (TPSA) is 39.2 Å². The van der Waals surface area contributed by atoms with Crippen molar-refractivity contribution in [2.75, 3.05) is 0 Å². The summed E-state index contributed by atoms with van der Waals surface area (Å²) in [7, 11) is 0. The molecule has 150 heavy (non-hydrogen) atoms. The van der Waals surface area contributed by atoms with Gasteiger partial charge in [-0.2, -0.15) is 0 Å². The van der Waals surface area contributed by atoms with E-state index in [1.54, 1.807) is 11.3 Å². The highest BCUT2D eigenvalue weighted by Crippen LogP contribution is 2.55.